The van der Waals surface area contributed by atoms with Crippen molar-refractivity contribution in [3.8, 4) is 0 Å². The molecule has 0 bridgehead atoms. The van der Waals surface area contributed by atoms with E-state index in [-0.39, 0.29) is 28.3 Å². The minimum atomic E-state index is -4.38. The van der Waals surface area contributed by atoms with Gasteiger partial charge in [-0.2, -0.15) is 13.2 Å². The van der Waals surface area contributed by atoms with Gasteiger partial charge in [-0.1, -0.05) is 18.2 Å². The van der Waals surface area contributed by atoms with Gasteiger partial charge in [0.1, 0.15) is 0 Å². The van der Waals surface area contributed by atoms with Crippen molar-refractivity contribution in [3.05, 3.63) is 35.4 Å². The molecule has 104 valence electrons. The molecule has 2 rings (SSSR count). The SMILES string of the molecule is CC1SC(Cc2ccccc2C(F)(F)F)C(N)C1=O. The number of carbonyl (C=O) groups excluding carboxylic acids is 1. The van der Waals surface area contributed by atoms with E-state index in [1.807, 2.05) is 0 Å². The van der Waals surface area contributed by atoms with E-state index in [9.17, 15) is 18.0 Å². The van der Waals surface area contributed by atoms with Crippen LogP contribution in [-0.4, -0.2) is 22.3 Å². The molecule has 1 heterocycles. The summed E-state index contributed by atoms with van der Waals surface area (Å²) in [6, 6.07) is 4.76. The molecule has 2 nitrogen and oxygen atoms in total. The maximum Gasteiger partial charge on any atom is 0.416 e. The van der Waals surface area contributed by atoms with Crippen LogP contribution in [-0.2, 0) is 17.4 Å². The van der Waals surface area contributed by atoms with Gasteiger partial charge in [-0.15, -0.1) is 11.8 Å². The van der Waals surface area contributed by atoms with Crippen LogP contribution in [0, 0.1) is 0 Å². The summed E-state index contributed by atoms with van der Waals surface area (Å²) >= 11 is 1.35. The van der Waals surface area contributed by atoms with Crippen LogP contribution in [0.15, 0.2) is 24.3 Å². The zero-order chi connectivity index (χ0) is 14.2. The fourth-order valence-electron chi connectivity index (χ4n) is 2.23. The fourth-order valence-corrected chi connectivity index (χ4v) is 3.63. The Hall–Kier alpha value is -1.01. The zero-order valence-electron chi connectivity index (χ0n) is 10.3. The first-order valence-electron chi connectivity index (χ1n) is 5.90. The van der Waals surface area contributed by atoms with Gasteiger partial charge in [0.25, 0.3) is 0 Å². The van der Waals surface area contributed by atoms with Crippen molar-refractivity contribution in [2.45, 2.75) is 36.1 Å². The molecule has 3 atom stereocenters. The molecule has 3 unspecified atom stereocenters. The lowest BCUT2D eigenvalue weighted by atomic mass is 9.98. The van der Waals surface area contributed by atoms with E-state index in [0.717, 1.165) is 6.07 Å². The Morgan fingerprint density at radius 1 is 1.32 bits per heavy atom. The average molecular weight is 289 g/mol. The van der Waals surface area contributed by atoms with Crippen molar-refractivity contribution in [3.63, 3.8) is 0 Å². The number of halogens is 3. The van der Waals surface area contributed by atoms with E-state index < -0.39 is 17.8 Å². The number of hydrogen-bond donors (Lipinski definition) is 1. The van der Waals surface area contributed by atoms with Crippen LogP contribution < -0.4 is 5.73 Å². The van der Waals surface area contributed by atoms with Gasteiger partial charge >= 0.3 is 6.18 Å². The van der Waals surface area contributed by atoms with Gasteiger partial charge in [0.15, 0.2) is 5.78 Å². The maximum atomic E-state index is 12.9. The van der Waals surface area contributed by atoms with E-state index in [4.69, 9.17) is 5.73 Å². The minimum absolute atomic E-state index is 0.0838. The van der Waals surface area contributed by atoms with Crippen LogP contribution in [0.4, 0.5) is 13.2 Å². The molecule has 0 aliphatic carbocycles. The van der Waals surface area contributed by atoms with E-state index >= 15 is 0 Å². The summed E-state index contributed by atoms with van der Waals surface area (Å²) in [6.07, 6.45) is -4.21. The summed E-state index contributed by atoms with van der Waals surface area (Å²) in [5.41, 5.74) is 5.32. The van der Waals surface area contributed by atoms with Crippen LogP contribution in [0.2, 0.25) is 0 Å². The topological polar surface area (TPSA) is 43.1 Å². The summed E-state index contributed by atoms with van der Waals surface area (Å²) in [6.45, 7) is 1.74. The Morgan fingerprint density at radius 2 is 1.95 bits per heavy atom. The highest BCUT2D eigenvalue weighted by Crippen LogP contribution is 2.36. The monoisotopic (exact) mass is 289 g/mol. The molecule has 1 fully saturated rings. The van der Waals surface area contributed by atoms with Crippen molar-refractivity contribution in [2.75, 3.05) is 0 Å². The Bertz CT molecular complexity index is 489. The third kappa shape index (κ3) is 2.95. The lowest BCUT2D eigenvalue weighted by molar-refractivity contribution is -0.138. The summed E-state index contributed by atoms with van der Waals surface area (Å²) in [5.74, 6) is -0.0838. The molecule has 19 heavy (non-hydrogen) atoms. The molecule has 0 saturated carbocycles. The third-order valence-corrected chi connectivity index (χ3v) is 4.70. The number of Topliss-reactive ketones (excluding diaryl/α,β-unsaturated/α-hetero) is 1. The van der Waals surface area contributed by atoms with Crippen molar-refractivity contribution in [1.29, 1.82) is 0 Å². The second kappa shape index (κ2) is 5.17. The number of benzene rings is 1. The number of carbonyl (C=O) groups is 1. The Morgan fingerprint density at radius 3 is 2.47 bits per heavy atom. The Kier molecular flexibility index (Phi) is 3.92. The smallest absolute Gasteiger partial charge is 0.321 e. The quantitative estimate of drug-likeness (QED) is 0.910. The van der Waals surface area contributed by atoms with Crippen molar-refractivity contribution in [1.82, 2.24) is 0 Å². The van der Waals surface area contributed by atoms with Crippen LogP contribution in [0.1, 0.15) is 18.1 Å². The standard InChI is InChI=1S/C13H14F3NOS/c1-7-12(18)11(17)10(19-7)6-8-4-2-3-5-9(8)13(14,15)16/h2-5,7,10-11H,6,17H2,1H3. The first-order valence-corrected chi connectivity index (χ1v) is 6.85. The first kappa shape index (κ1) is 14.4. The third-order valence-electron chi connectivity index (χ3n) is 3.25. The number of nitrogens with two attached hydrogens (primary N) is 1. The minimum Gasteiger partial charge on any atom is -0.321 e. The van der Waals surface area contributed by atoms with Crippen molar-refractivity contribution >= 4 is 17.5 Å². The lowest BCUT2D eigenvalue weighted by Crippen LogP contribution is -2.37. The molecule has 0 radical (unpaired) electrons. The molecule has 2 N–H and O–H groups in total. The number of alkyl halides is 3. The first-order chi connectivity index (χ1) is 8.80. The van der Waals surface area contributed by atoms with Crippen LogP contribution >= 0.6 is 11.8 Å². The predicted molar refractivity (Wildman–Crippen MR) is 69.0 cm³/mol. The largest absolute Gasteiger partial charge is 0.416 e. The van der Waals surface area contributed by atoms with Gasteiger partial charge < -0.3 is 5.73 Å². The van der Waals surface area contributed by atoms with Crippen LogP contribution in [0.5, 0.6) is 0 Å². The molecule has 1 aliphatic heterocycles. The molecule has 1 aliphatic rings. The summed E-state index contributed by atoms with van der Waals surface area (Å²) in [4.78, 5) is 11.6. The van der Waals surface area contributed by atoms with Crippen molar-refractivity contribution in [2.24, 2.45) is 5.73 Å². The number of hydrogen-bond acceptors (Lipinski definition) is 3. The highest BCUT2D eigenvalue weighted by Gasteiger charge is 2.40. The number of ketones is 1. The van der Waals surface area contributed by atoms with Crippen LogP contribution in [0.25, 0.3) is 0 Å². The van der Waals surface area contributed by atoms with Gasteiger partial charge in [-0.25, -0.2) is 0 Å². The predicted octanol–water partition coefficient (Wildman–Crippen LogP) is 2.65. The normalized spacial score (nSPS) is 27.8. The van der Waals surface area contributed by atoms with Crippen molar-refractivity contribution < 1.29 is 18.0 Å². The van der Waals surface area contributed by atoms with Crippen LogP contribution in [0.3, 0.4) is 0 Å². The zero-order valence-corrected chi connectivity index (χ0v) is 11.1. The number of rotatable bonds is 2. The van der Waals surface area contributed by atoms with E-state index in [2.05, 4.69) is 0 Å². The highest BCUT2D eigenvalue weighted by atomic mass is 32.2. The van der Waals surface area contributed by atoms with Gasteiger partial charge in [0, 0.05) is 5.25 Å². The molecular weight excluding hydrogens is 275 g/mol. The molecule has 0 aromatic heterocycles. The second-order valence-corrected chi connectivity index (χ2v) is 6.19. The average Bonchev–Trinajstić information content (AvgIpc) is 2.56. The van der Waals surface area contributed by atoms with Gasteiger partial charge in [0.05, 0.1) is 16.9 Å². The molecule has 0 spiro atoms. The Balaban J connectivity index is 2.23. The summed E-state index contributed by atoms with van der Waals surface area (Å²) < 4.78 is 38.6. The van der Waals surface area contributed by atoms with Gasteiger partial charge in [0.2, 0.25) is 0 Å². The maximum absolute atomic E-state index is 12.9. The molecule has 1 saturated heterocycles. The second-order valence-electron chi connectivity index (χ2n) is 4.60. The lowest BCUT2D eigenvalue weighted by Gasteiger charge is -2.17. The van der Waals surface area contributed by atoms with Gasteiger partial charge in [-0.05, 0) is 25.0 Å². The summed E-state index contributed by atoms with van der Waals surface area (Å²) in [5, 5.41) is -0.524. The van der Waals surface area contributed by atoms with E-state index in [1.54, 1.807) is 13.0 Å². The van der Waals surface area contributed by atoms with E-state index in [0.29, 0.717) is 0 Å². The molecule has 0 amide bonds. The van der Waals surface area contributed by atoms with E-state index in [1.165, 1.54) is 23.9 Å². The molecule has 1 aromatic carbocycles. The molecule has 1 aromatic rings. The fraction of sp³-hybridized carbons (Fsp3) is 0.462. The van der Waals surface area contributed by atoms with Gasteiger partial charge in [-0.3, -0.25) is 4.79 Å². The summed E-state index contributed by atoms with van der Waals surface area (Å²) in [7, 11) is 0. The molecular formula is C13H14F3NOS. The number of thioether (sulfide) groups is 1. The Labute approximate surface area is 113 Å². The highest BCUT2D eigenvalue weighted by molar-refractivity contribution is 8.01. The molecule has 6 heteroatoms.